The standard InChI is InChI=1S/C12H18N4O2/c1-4-8-10-12(16(3)14-8)15(2)9-6-18-5-7(9)11(17)13-10/h7,9H,4-6H2,1-3H3,(H,13,17). The van der Waals surface area contributed by atoms with Gasteiger partial charge < -0.3 is 15.0 Å². The Kier molecular flexibility index (Phi) is 2.55. The Bertz CT molecular complexity index is 497. The van der Waals surface area contributed by atoms with Gasteiger partial charge in [-0.25, -0.2) is 0 Å². The van der Waals surface area contributed by atoms with Crippen molar-refractivity contribution in [1.82, 2.24) is 9.78 Å². The van der Waals surface area contributed by atoms with Crippen LogP contribution < -0.4 is 10.2 Å². The normalized spacial score (nSPS) is 26.6. The van der Waals surface area contributed by atoms with E-state index in [1.165, 1.54) is 0 Å². The van der Waals surface area contributed by atoms with Crippen molar-refractivity contribution < 1.29 is 9.53 Å². The van der Waals surface area contributed by atoms with Gasteiger partial charge in [0.1, 0.15) is 5.69 Å². The number of likely N-dealkylation sites (N-methyl/N-ethyl adjacent to an activating group) is 1. The van der Waals surface area contributed by atoms with Gasteiger partial charge in [-0.3, -0.25) is 9.48 Å². The molecule has 6 heteroatoms. The lowest BCUT2D eigenvalue weighted by Gasteiger charge is -2.26. The van der Waals surface area contributed by atoms with E-state index in [1.54, 1.807) is 0 Å². The van der Waals surface area contributed by atoms with Gasteiger partial charge in [-0.1, -0.05) is 6.92 Å². The predicted octanol–water partition coefficient (Wildman–Crippen LogP) is 0.386. The number of nitrogens with zero attached hydrogens (tertiary/aromatic N) is 3. The van der Waals surface area contributed by atoms with Gasteiger partial charge in [-0.15, -0.1) is 0 Å². The second kappa shape index (κ2) is 3.98. The number of hydrogen-bond acceptors (Lipinski definition) is 4. The maximum atomic E-state index is 12.2. The Labute approximate surface area is 106 Å². The average Bonchev–Trinajstić information content (AvgIpc) is 2.91. The van der Waals surface area contributed by atoms with Gasteiger partial charge in [0.25, 0.3) is 0 Å². The summed E-state index contributed by atoms with van der Waals surface area (Å²) < 4.78 is 7.29. The van der Waals surface area contributed by atoms with Crippen molar-refractivity contribution in [2.45, 2.75) is 19.4 Å². The third-order valence-electron chi connectivity index (χ3n) is 3.89. The van der Waals surface area contributed by atoms with E-state index in [2.05, 4.69) is 15.3 Å². The van der Waals surface area contributed by atoms with E-state index in [1.807, 2.05) is 25.7 Å². The zero-order valence-electron chi connectivity index (χ0n) is 10.9. The zero-order valence-corrected chi connectivity index (χ0v) is 10.9. The fourth-order valence-corrected chi connectivity index (χ4v) is 2.90. The molecule has 0 spiro atoms. The summed E-state index contributed by atoms with van der Waals surface area (Å²) in [6.45, 7) is 3.15. The van der Waals surface area contributed by atoms with Gasteiger partial charge in [0.15, 0.2) is 5.82 Å². The number of hydrogen-bond donors (Lipinski definition) is 1. The number of amides is 1. The molecule has 0 saturated carbocycles. The molecule has 2 aliphatic heterocycles. The first-order valence-corrected chi connectivity index (χ1v) is 6.30. The molecule has 1 saturated heterocycles. The summed E-state index contributed by atoms with van der Waals surface area (Å²) in [6.07, 6.45) is 0.809. The Balaban J connectivity index is 2.12. The Hall–Kier alpha value is -1.56. The van der Waals surface area contributed by atoms with Crippen molar-refractivity contribution in [3.05, 3.63) is 5.69 Å². The number of aryl methyl sites for hydroxylation is 2. The summed E-state index contributed by atoms with van der Waals surface area (Å²) in [6, 6.07) is 0.103. The van der Waals surface area contributed by atoms with Crippen molar-refractivity contribution >= 4 is 17.4 Å². The highest BCUT2D eigenvalue weighted by molar-refractivity contribution is 5.98. The minimum atomic E-state index is -0.0906. The highest BCUT2D eigenvalue weighted by Crippen LogP contribution is 2.36. The van der Waals surface area contributed by atoms with E-state index < -0.39 is 0 Å². The molecule has 3 heterocycles. The molecule has 0 aromatic carbocycles. The van der Waals surface area contributed by atoms with Gasteiger partial charge in [0.2, 0.25) is 5.91 Å². The maximum absolute atomic E-state index is 12.2. The monoisotopic (exact) mass is 250 g/mol. The minimum absolute atomic E-state index is 0.0470. The number of ether oxygens (including phenoxy) is 1. The van der Waals surface area contributed by atoms with Crippen LogP contribution in [-0.2, 0) is 23.0 Å². The smallest absolute Gasteiger partial charge is 0.232 e. The van der Waals surface area contributed by atoms with Gasteiger partial charge in [-0.05, 0) is 6.42 Å². The van der Waals surface area contributed by atoms with E-state index in [4.69, 9.17) is 4.74 Å². The van der Waals surface area contributed by atoms with Crippen LogP contribution >= 0.6 is 0 Å². The van der Waals surface area contributed by atoms with Crippen LogP contribution in [0.2, 0.25) is 0 Å². The van der Waals surface area contributed by atoms with Gasteiger partial charge >= 0.3 is 0 Å². The van der Waals surface area contributed by atoms with Crippen LogP contribution in [0, 0.1) is 5.92 Å². The number of nitrogens with one attached hydrogen (secondary N) is 1. The third kappa shape index (κ3) is 1.45. The minimum Gasteiger partial charge on any atom is -0.378 e. The van der Waals surface area contributed by atoms with Gasteiger partial charge in [0, 0.05) is 14.1 Å². The van der Waals surface area contributed by atoms with E-state index in [-0.39, 0.29) is 17.9 Å². The zero-order chi connectivity index (χ0) is 12.9. The summed E-state index contributed by atoms with van der Waals surface area (Å²) >= 11 is 0. The first-order chi connectivity index (χ1) is 8.63. The summed E-state index contributed by atoms with van der Waals surface area (Å²) in [5.74, 6) is 0.927. The van der Waals surface area contributed by atoms with Crippen molar-refractivity contribution in [1.29, 1.82) is 0 Å². The van der Waals surface area contributed by atoms with Crippen molar-refractivity contribution in [2.24, 2.45) is 13.0 Å². The molecule has 0 bridgehead atoms. The topological polar surface area (TPSA) is 59.4 Å². The van der Waals surface area contributed by atoms with Gasteiger partial charge in [0.05, 0.1) is 30.9 Å². The lowest BCUT2D eigenvalue weighted by atomic mass is 10.0. The van der Waals surface area contributed by atoms with E-state index in [0.29, 0.717) is 13.2 Å². The summed E-state index contributed by atoms with van der Waals surface area (Å²) in [7, 11) is 3.92. The van der Waals surface area contributed by atoms with E-state index in [0.717, 1.165) is 23.6 Å². The molecule has 0 aliphatic carbocycles. The largest absolute Gasteiger partial charge is 0.378 e. The molecule has 2 atom stereocenters. The van der Waals surface area contributed by atoms with Crippen molar-refractivity contribution in [3.63, 3.8) is 0 Å². The SMILES string of the molecule is CCc1nn(C)c2c1NC(=O)C1COCC1N2C. The molecule has 98 valence electrons. The molecule has 6 nitrogen and oxygen atoms in total. The summed E-state index contributed by atoms with van der Waals surface area (Å²) in [5, 5.41) is 7.49. The van der Waals surface area contributed by atoms with Crippen molar-refractivity contribution in [3.8, 4) is 0 Å². The molecule has 1 aromatic rings. The number of aromatic nitrogens is 2. The Morgan fingerprint density at radius 1 is 1.44 bits per heavy atom. The number of anilines is 2. The molecule has 1 N–H and O–H groups in total. The first kappa shape index (κ1) is 11.5. The number of carbonyl (C=O) groups excluding carboxylic acids is 1. The molecule has 2 unspecified atom stereocenters. The van der Waals surface area contributed by atoms with Gasteiger partial charge in [-0.2, -0.15) is 5.10 Å². The quantitative estimate of drug-likeness (QED) is 0.783. The van der Waals surface area contributed by atoms with Crippen molar-refractivity contribution in [2.75, 3.05) is 30.5 Å². The Morgan fingerprint density at radius 2 is 2.22 bits per heavy atom. The lowest BCUT2D eigenvalue weighted by molar-refractivity contribution is -0.120. The molecular formula is C12H18N4O2. The number of rotatable bonds is 1. The summed E-state index contributed by atoms with van der Waals surface area (Å²) in [5.41, 5.74) is 1.80. The predicted molar refractivity (Wildman–Crippen MR) is 67.7 cm³/mol. The third-order valence-corrected chi connectivity index (χ3v) is 3.89. The molecule has 2 aliphatic rings. The number of carbonyl (C=O) groups is 1. The molecule has 0 radical (unpaired) electrons. The summed E-state index contributed by atoms with van der Waals surface area (Å²) in [4.78, 5) is 14.3. The fourth-order valence-electron chi connectivity index (χ4n) is 2.90. The van der Waals surface area contributed by atoms with Crippen LogP contribution in [0.5, 0.6) is 0 Å². The molecule has 1 aromatic heterocycles. The second-order valence-corrected chi connectivity index (χ2v) is 4.93. The molecular weight excluding hydrogens is 232 g/mol. The number of fused-ring (bicyclic) bond motifs is 2. The highest BCUT2D eigenvalue weighted by Gasteiger charge is 2.41. The molecule has 1 amide bonds. The van der Waals surface area contributed by atoms with E-state index in [9.17, 15) is 4.79 Å². The van der Waals surface area contributed by atoms with Crippen LogP contribution in [0.4, 0.5) is 11.5 Å². The highest BCUT2D eigenvalue weighted by atomic mass is 16.5. The molecule has 1 fully saturated rings. The molecule has 3 rings (SSSR count). The molecule has 18 heavy (non-hydrogen) atoms. The second-order valence-electron chi connectivity index (χ2n) is 4.93. The first-order valence-electron chi connectivity index (χ1n) is 6.30. The van der Waals surface area contributed by atoms with Crippen LogP contribution in [0.1, 0.15) is 12.6 Å². The Morgan fingerprint density at radius 3 is 2.94 bits per heavy atom. The van der Waals surface area contributed by atoms with Crippen LogP contribution in [0.15, 0.2) is 0 Å². The van der Waals surface area contributed by atoms with Crippen LogP contribution in [0.25, 0.3) is 0 Å². The fraction of sp³-hybridized carbons (Fsp3) is 0.667. The van der Waals surface area contributed by atoms with Crippen LogP contribution in [0.3, 0.4) is 0 Å². The average molecular weight is 250 g/mol. The van der Waals surface area contributed by atoms with Crippen LogP contribution in [-0.4, -0.2) is 42.0 Å². The lowest BCUT2D eigenvalue weighted by Crippen LogP contribution is -2.41. The van der Waals surface area contributed by atoms with E-state index >= 15 is 0 Å². The maximum Gasteiger partial charge on any atom is 0.232 e.